The van der Waals surface area contributed by atoms with Gasteiger partial charge in [-0.1, -0.05) is 28.1 Å². The monoisotopic (exact) mass is 444 g/mol. The molecule has 2 aliphatic rings. The molecule has 1 atom stereocenters. The Kier molecular flexibility index (Phi) is 4.72. The zero-order valence-electron chi connectivity index (χ0n) is 15.2. The van der Waals surface area contributed by atoms with E-state index in [-0.39, 0.29) is 12.8 Å². The normalized spacial score (nSPS) is 18.2. The van der Waals surface area contributed by atoms with Crippen molar-refractivity contribution in [3.63, 3.8) is 0 Å². The minimum absolute atomic E-state index is 0.138. The lowest BCUT2D eigenvalue weighted by molar-refractivity contribution is -0.136. The Bertz CT molecular complexity index is 987. The van der Waals surface area contributed by atoms with Gasteiger partial charge in [-0.15, -0.1) is 0 Å². The van der Waals surface area contributed by atoms with Gasteiger partial charge >= 0.3 is 12.0 Å². The molecule has 8 heteroatoms. The van der Waals surface area contributed by atoms with Gasteiger partial charge in [-0.05, 0) is 36.8 Å². The molecule has 0 unspecified atom stereocenters. The Labute approximate surface area is 170 Å². The summed E-state index contributed by atoms with van der Waals surface area (Å²) in [6.45, 7) is 1.86. The van der Waals surface area contributed by atoms with Crippen LogP contribution in [0, 0.1) is 0 Å². The number of urea groups is 1. The van der Waals surface area contributed by atoms with Crippen molar-refractivity contribution in [1.29, 1.82) is 0 Å². The maximum atomic E-state index is 13.0. The molecule has 2 amide bonds. The molecule has 0 aromatic heterocycles. The SMILES string of the molecule is COC(=O)C1=C(C)N(c2ccc3c(c2)OCO3)C(=O)N[C@H]1c1ccc(Br)cc1. The van der Waals surface area contributed by atoms with Crippen LogP contribution in [0.1, 0.15) is 18.5 Å². The number of carbonyl (C=O) groups is 2. The molecular formula is C20H17BrN2O5. The van der Waals surface area contributed by atoms with Crippen molar-refractivity contribution in [3.05, 3.63) is 63.8 Å². The largest absolute Gasteiger partial charge is 0.466 e. The van der Waals surface area contributed by atoms with Crippen LogP contribution >= 0.6 is 15.9 Å². The predicted octanol–water partition coefficient (Wildman–Crippen LogP) is 3.90. The van der Waals surface area contributed by atoms with Crippen LogP contribution < -0.4 is 19.7 Å². The number of hydrogen-bond acceptors (Lipinski definition) is 5. The van der Waals surface area contributed by atoms with Crippen molar-refractivity contribution >= 4 is 33.6 Å². The average Bonchev–Trinajstić information content (AvgIpc) is 3.15. The van der Waals surface area contributed by atoms with Crippen molar-refractivity contribution in [3.8, 4) is 11.5 Å². The summed E-state index contributed by atoms with van der Waals surface area (Å²) in [6, 6.07) is 11.6. The van der Waals surface area contributed by atoms with Gasteiger partial charge in [0.05, 0.1) is 24.4 Å². The van der Waals surface area contributed by atoms with E-state index in [1.807, 2.05) is 24.3 Å². The third-order valence-corrected chi connectivity index (χ3v) is 5.24. The number of methoxy groups -OCH3 is 1. The lowest BCUT2D eigenvalue weighted by Gasteiger charge is -2.35. The Morgan fingerprint density at radius 2 is 1.89 bits per heavy atom. The van der Waals surface area contributed by atoms with Gasteiger partial charge in [0.1, 0.15) is 0 Å². The first-order valence-electron chi connectivity index (χ1n) is 8.54. The first-order valence-corrected chi connectivity index (χ1v) is 9.33. The van der Waals surface area contributed by atoms with Gasteiger partial charge < -0.3 is 19.5 Å². The summed E-state index contributed by atoms with van der Waals surface area (Å²) in [5.41, 5.74) is 2.20. The summed E-state index contributed by atoms with van der Waals surface area (Å²) in [5.74, 6) is 0.660. The van der Waals surface area contributed by atoms with Gasteiger partial charge in [-0.25, -0.2) is 9.59 Å². The van der Waals surface area contributed by atoms with Crippen molar-refractivity contribution in [1.82, 2.24) is 5.32 Å². The molecule has 0 saturated carbocycles. The number of esters is 1. The predicted molar refractivity (Wildman–Crippen MR) is 105 cm³/mol. The number of ether oxygens (including phenoxy) is 3. The fourth-order valence-electron chi connectivity index (χ4n) is 3.36. The van der Waals surface area contributed by atoms with Crippen molar-refractivity contribution in [2.75, 3.05) is 18.8 Å². The molecule has 2 aromatic rings. The maximum absolute atomic E-state index is 13.0. The molecule has 144 valence electrons. The number of carbonyl (C=O) groups excluding carboxylic acids is 2. The number of nitrogens with one attached hydrogen (secondary N) is 1. The molecular weight excluding hydrogens is 428 g/mol. The molecule has 1 N–H and O–H groups in total. The number of benzene rings is 2. The second-order valence-corrected chi connectivity index (χ2v) is 7.21. The van der Waals surface area contributed by atoms with Crippen LogP contribution in [-0.2, 0) is 9.53 Å². The van der Waals surface area contributed by atoms with Crippen molar-refractivity contribution < 1.29 is 23.8 Å². The third kappa shape index (κ3) is 3.09. The molecule has 28 heavy (non-hydrogen) atoms. The van der Waals surface area contributed by atoms with E-state index in [1.54, 1.807) is 25.1 Å². The molecule has 0 saturated heterocycles. The fraction of sp³-hybridized carbons (Fsp3) is 0.200. The molecule has 0 aliphatic carbocycles. The number of halogens is 1. The highest BCUT2D eigenvalue weighted by molar-refractivity contribution is 9.10. The molecule has 0 spiro atoms. The van der Waals surface area contributed by atoms with E-state index < -0.39 is 12.0 Å². The Morgan fingerprint density at radius 1 is 1.18 bits per heavy atom. The maximum Gasteiger partial charge on any atom is 0.337 e. The number of rotatable bonds is 3. The van der Waals surface area contributed by atoms with Crippen LogP contribution in [0.25, 0.3) is 0 Å². The summed E-state index contributed by atoms with van der Waals surface area (Å²) in [5, 5.41) is 2.91. The Hall–Kier alpha value is -3.00. The van der Waals surface area contributed by atoms with Crippen LogP contribution in [0.2, 0.25) is 0 Å². The summed E-state index contributed by atoms with van der Waals surface area (Å²) in [4.78, 5) is 27.0. The fourth-order valence-corrected chi connectivity index (χ4v) is 3.62. The third-order valence-electron chi connectivity index (χ3n) is 4.71. The summed E-state index contributed by atoms with van der Waals surface area (Å²) >= 11 is 3.39. The second-order valence-electron chi connectivity index (χ2n) is 6.30. The first kappa shape index (κ1) is 18.4. The van der Waals surface area contributed by atoms with Gasteiger partial charge in [0, 0.05) is 16.2 Å². The van der Waals surface area contributed by atoms with Gasteiger partial charge in [0.25, 0.3) is 0 Å². The number of anilines is 1. The van der Waals surface area contributed by atoms with Gasteiger partial charge in [0.15, 0.2) is 11.5 Å². The Balaban J connectivity index is 1.81. The van der Waals surface area contributed by atoms with Gasteiger partial charge in [-0.2, -0.15) is 0 Å². The van der Waals surface area contributed by atoms with Crippen molar-refractivity contribution in [2.45, 2.75) is 13.0 Å². The van der Waals surface area contributed by atoms with E-state index in [9.17, 15) is 9.59 Å². The molecule has 4 rings (SSSR count). The first-order chi connectivity index (χ1) is 13.5. The quantitative estimate of drug-likeness (QED) is 0.726. The lowest BCUT2D eigenvalue weighted by atomic mass is 9.94. The molecule has 2 heterocycles. The van der Waals surface area contributed by atoms with E-state index in [0.29, 0.717) is 28.5 Å². The van der Waals surface area contributed by atoms with Crippen molar-refractivity contribution in [2.24, 2.45) is 0 Å². The van der Waals surface area contributed by atoms with Gasteiger partial charge in [-0.3, -0.25) is 4.90 Å². The van der Waals surface area contributed by atoms with Crippen LogP contribution in [0.3, 0.4) is 0 Å². The molecule has 7 nitrogen and oxygen atoms in total. The molecule has 2 aromatic carbocycles. The molecule has 2 aliphatic heterocycles. The van der Waals surface area contributed by atoms with Crippen LogP contribution in [0.4, 0.5) is 10.5 Å². The summed E-state index contributed by atoms with van der Waals surface area (Å²) in [7, 11) is 1.32. The summed E-state index contributed by atoms with van der Waals surface area (Å²) < 4.78 is 16.6. The highest BCUT2D eigenvalue weighted by Crippen LogP contribution is 2.39. The number of allylic oxidation sites excluding steroid dienone is 1. The minimum atomic E-state index is -0.613. The standard InChI is InChI=1S/C20H17BrN2O5/c1-11-17(19(24)26-2)18(12-3-5-13(21)6-4-12)22-20(25)23(11)14-7-8-15-16(9-14)28-10-27-15/h3-9,18H,10H2,1-2H3,(H,22,25)/t18-/m0/s1. The lowest BCUT2D eigenvalue weighted by Crippen LogP contribution is -2.48. The second kappa shape index (κ2) is 7.20. The van der Waals surface area contributed by atoms with E-state index >= 15 is 0 Å². The zero-order valence-corrected chi connectivity index (χ0v) is 16.8. The highest BCUT2D eigenvalue weighted by Gasteiger charge is 2.37. The van der Waals surface area contributed by atoms with E-state index in [4.69, 9.17) is 14.2 Å². The summed E-state index contributed by atoms with van der Waals surface area (Å²) in [6.07, 6.45) is 0. The molecule has 0 fully saturated rings. The minimum Gasteiger partial charge on any atom is -0.466 e. The number of hydrogen-bond donors (Lipinski definition) is 1. The van der Waals surface area contributed by atoms with E-state index in [1.165, 1.54) is 12.0 Å². The van der Waals surface area contributed by atoms with Gasteiger partial charge in [0.2, 0.25) is 6.79 Å². The van der Waals surface area contributed by atoms with Crippen LogP contribution in [-0.4, -0.2) is 25.9 Å². The zero-order chi connectivity index (χ0) is 19.8. The number of amides is 2. The smallest absolute Gasteiger partial charge is 0.337 e. The molecule has 0 bridgehead atoms. The topological polar surface area (TPSA) is 77.1 Å². The van der Waals surface area contributed by atoms with Crippen LogP contribution in [0.15, 0.2) is 58.2 Å². The van der Waals surface area contributed by atoms with Crippen LogP contribution in [0.5, 0.6) is 11.5 Å². The molecule has 0 radical (unpaired) electrons. The highest BCUT2D eigenvalue weighted by atomic mass is 79.9. The van der Waals surface area contributed by atoms with E-state index in [2.05, 4.69) is 21.2 Å². The number of nitrogens with zero attached hydrogens (tertiary/aromatic N) is 1. The number of fused-ring (bicyclic) bond motifs is 1. The average molecular weight is 445 g/mol. The van der Waals surface area contributed by atoms with E-state index in [0.717, 1.165) is 10.0 Å². The Morgan fingerprint density at radius 3 is 2.61 bits per heavy atom.